The van der Waals surface area contributed by atoms with Gasteiger partial charge < -0.3 is 18.8 Å². The van der Waals surface area contributed by atoms with Gasteiger partial charge in [0.05, 0.1) is 6.54 Å². The third-order valence-electron chi connectivity index (χ3n) is 5.58. The van der Waals surface area contributed by atoms with Crippen molar-refractivity contribution in [1.82, 2.24) is 4.57 Å². The summed E-state index contributed by atoms with van der Waals surface area (Å²) >= 11 is 0. The van der Waals surface area contributed by atoms with Crippen molar-refractivity contribution in [2.24, 2.45) is 5.92 Å². The van der Waals surface area contributed by atoms with E-state index in [1.165, 1.54) is 18.9 Å². The van der Waals surface area contributed by atoms with Gasteiger partial charge in [0.2, 0.25) is 0 Å². The molecule has 1 atom stereocenters. The number of nitrogens with zero attached hydrogens (tertiary/aromatic N) is 1. The van der Waals surface area contributed by atoms with Crippen LogP contribution in [0.1, 0.15) is 29.7 Å². The number of benzene rings is 2. The third-order valence-corrected chi connectivity index (χ3v) is 5.58. The van der Waals surface area contributed by atoms with Gasteiger partial charge in [0.15, 0.2) is 17.6 Å². The molecular formula is C27H25NO4. The molecule has 0 amide bonds. The molecule has 2 aromatic carbocycles. The van der Waals surface area contributed by atoms with E-state index in [1.807, 2.05) is 55.5 Å². The minimum atomic E-state index is -0.230. The Hall–Kier alpha value is -3.65. The van der Waals surface area contributed by atoms with Crippen LogP contribution in [0, 0.1) is 24.7 Å². The summed E-state index contributed by atoms with van der Waals surface area (Å²) in [6.45, 7) is 3.13. The third kappa shape index (κ3) is 4.81. The van der Waals surface area contributed by atoms with Gasteiger partial charge in [-0.25, -0.2) is 0 Å². The highest BCUT2D eigenvalue weighted by Crippen LogP contribution is 2.31. The van der Waals surface area contributed by atoms with Crippen molar-refractivity contribution < 1.29 is 14.2 Å². The first-order valence-electron chi connectivity index (χ1n) is 11.0. The summed E-state index contributed by atoms with van der Waals surface area (Å²) in [5.74, 6) is 9.09. The van der Waals surface area contributed by atoms with E-state index in [1.54, 1.807) is 4.57 Å². The lowest BCUT2D eigenvalue weighted by atomic mass is 10.1. The Balaban J connectivity index is 1.24. The Morgan fingerprint density at radius 2 is 1.91 bits per heavy atom. The number of rotatable bonds is 5. The first-order valence-corrected chi connectivity index (χ1v) is 11.0. The number of para-hydroxylation sites is 2. The van der Waals surface area contributed by atoms with Crippen LogP contribution in [0.4, 0.5) is 0 Å². The summed E-state index contributed by atoms with van der Waals surface area (Å²) in [4.78, 5) is 12.8. The molecule has 2 heterocycles. The van der Waals surface area contributed by atoms with Gasteiger partial charge in [0, 0.05) is 23.2 Å². The van der Waals surface area contributed by atoms with Crippen molar-refractivity contribution in [2.45, 2.75) is 32.4 Å². The summed E-state index contributed by atoms with van der Waals surface area (Å²) in [5, 5.41) is 0. The molecule has 1 aliphatic heterocycles. The molecule has 0 saturated heterocycles. The zero-order valence-electron chi connectivity index (χ0n) is 18.0. The number of fused-ring (bicyclic) bond motifs is 1. The number of ether oxygens (including phenoxy) is 3. The second-order valence-electron chi connectivity index (χ2n) is 8.31. The second-order valence-corrected chi connectivity index (χ2v) is 8.31. The van der Waals surface area contributed by atoms with Crippen LogP contribution in [0.5, 0.6) is 17.2 Å². The van der Waals surface area contributed by atoms with Crippen LogP contribution < -0.4 is 19.8 Å². The van der Waals surface area contributed by atoms with Crippen LogP contribution >= 0.6 is 0 Å². The van der Waals surface area contributed by atoms with Gasteiger partial charge in [-0.2, -0.15) is 0 Å². The van der Waals surface area contributed by atoms with Crippen molar-refractivity contribution in [2.75, 3.05) is 13.2 Å². The molecule has 0 unspecified atom stereocenters. The van der Waals surface area contributed by atoms with Crippen molar-refractivity contribution in [1.29, 1.82) is 0 Å². The first kappa shape index (κ1) is 20.3. The first-order chi connectivity index (χ1) is 15.6. The Labute approximate surface area is 187 Å². The lowest BCUT2D eigenvalue weighted by Gasteiger charge is -2.26. The average Bonchev–Trinajstić information content (AvgIpc) is 3.63. The molecule has 5 nitrogen and oxygen atoms in total. The van der Waals surface area contributed by atoms with E-state index < -0.39 is 0 Å². The molecule has 0 N–H and O–H groups in total. The molecular weight excluding hydrogens is 402 g/mol. The van der Waals surface area contributed by atoms with Crippen molar-refractivity contribution in [3.63, 3.8) is 0 Å². The molecule has 0 bridgehead atoms. The van der Waals surface area contributed by atoms with E-state index in [0.29, 0.717) is 37.2 Å². The molecule has 0 radical (unpaired) electrons. The Bertz CT molecular complexity index is 1250. The summed E-state index contributed by atoms with van der Waals surface area (Å²) in [6, 6.07) is 19.1. The van der Waals surface area contributed by atoms with Gasteiger partial charge in [-0.05, 0) is 55.7 Å². The van der Waals surface area contributed by atoms with E-state index in [2.05, 4.69) is 17.9 Å². The monoisotopic (exact) mass is 427 g/mol. The summed E-state index contributed by atoms with van der Waals surface area (Å²) < 4.78 is 19.3. The molecule has 5 rings (SSSR count). The van der Waals surface area contributed by atoms with Gasteiger partial charge in [-0.1, -0.05) is 36.1 Å². The largest absolute Gasteiger partial charge is 0.489 e. The molecule has 5 heteroatoms. The van der Waals surface area contributed by atoms with Gasteiger partial charge in [-0.15, -0.1) is 0 Å². The van der Waals surface area contributed by atoms with Crippen molar-refractivity contribution in [3.05, 3.63) is 87.8 Å². The van der Waals surface area contributed by atoms with Crippen LogP contribution in [-0.2, 0) is 6.54 Å². The number of hydrogen-bond acceptors (Lipinski definition) is 4. The zero-order chi connectivity index (χ0) is 21.9. The van der Waals surface area contributed by atoms with Crippen LogP contribution in [-0.4, -0.2) is 23.9 Å². The Kier molecular flexibility index (Phi) is 5.60. The van der Waals surface area contributed by atoms with Crippen LogP contribution in [0.25, 0.3) is 0 Å². The highest BCUT2D eigenvalue weighted by atomic mass is 16.6. The quantitative estimate of drug-likeness (QED) is 0.573. The topological polar surface area (TPSA) is 49.7 Å². The number of hydrogen-bond donors (Lipinski definition) is 0. The number of aromatic nitrogens is 1. The maximum atomic E-state index is 12.8. The van der Waals surface area contributed by atoms with Crippen LogP contribution in [0.3, 0.4) is 0 Å². The SMILES string of the molecule is Cc1cc(OC[C@H]2COc3ccccc3O2)cc(=O)n1Cc1cccc(C#CC2CC2)c1. The van der Waals surface area contributed by atoms with Gasteiger partial charge >= 0.3 is 0 Å². The van der Waals surface area contributed by atoms with E-state index in [9.17, 15) is 4.79 Å². The molecule has 1 fully saturated rings. The fourth-order valence-electron chi connectivity index (χ4n) is 3.66. The lowest BCUT2D eigenvalue weighted by Crippen LogP contribution is -2.34. The van der Waals surface area contributed by atoms with Gasteiger partial charge in [0.25, 0.3) is 5.56 Å². The normalized spacial score (nSPS) is 16.7. The molecule has 0 spiro atoms. The minimum absolute atomic E-state index is 0.0966. The minimum Gasteiger partial charge on any atom is -0.489 e. The van der Waals surface area contributed by atoms with Crippen LogP contribution in [0.15, 0.2) is 65.5 Å². The predicted octanol–water partition coefficient (Wildman–Crippen LogP) is 4.19. The molecule has 1 aliphatic carbocycles. The van der Waals surface area contributed by atoms with Crippen molar-refractivity contribution in [3.8, 4) is 29.1 Å². The fourth-order valence-corrected chi connectivity index (χ4v) is 3.66. The highest BCUT2D eigenvalue weighted by Gasteiger charge is 2.21. The summed E-state index contributed by atoms with van der Waals surface area (Å²) in [5.41, 5.74) is 2.79. The van der Waals surface area contributed by atoms with Crippen LogP contribution in [0.2, 0.25) is 0 Å². The molecule has 1 saturated carbocycles. The smallest absolute Gasteiger partial charge is 0.254 e. The molecule has 1 aromatic heterocycles. The van der Waals surface area contributed by atoms with E-state index in [-0.39, 0.29) is 11.7 Å². The molecule has 162 valence electrons. The average molecular weight is 428 g/mol. The highest BCUT2D eigenvalue weighted by molar-refractivity contribution is 5.41. The predicted molar refractivity (Wildman–Crippen MR) is 122 cm³/mol. The number of aryl methyl sites for hydroxylation is 1. The lowest BCUT2D eigenvalue weighted by molar-refractivity contribution is 0.0534. The Morgan fingerprint density at radius 1 is 1.06 bits per heavy atom. The Morgan fingerprint density at radius 3 is 2.72 bits per heavy atom. The summed E-state index contributed by atoms with van der Waals surface area (Å²) in [7, 11) is 0. The van der Waals surface area contributed by atoms with Crippen molar-refractivity contribution >= 4 is 0 Å². The van der Waals surface area contributed by atoms with Gasteiger partial charge in [0.1, 0.15) is 19.0 Å². The molecule has 32 heavy (non-hydrogen) atoms. The second kappa shape index (κ2) is 8.84. The van der Waals surface area contributed by atoms with E-state index >= 15 is 0 Å². The maximum Gasteiger partial charge on any atom is 0.254 e. The van der Waals surface area contributed by atoms with E-state index in [0.717, 1.165) is 22.6 Å². The molecule has 3 aromatic rings. The van der Waals surface area contributed by atoms with E-state index in [4.69, 9.17) is 14.2 Å². The summed E-state index contributed by atoms with van der Waals surface area (Å²) in [6.07, 6.45) is 2.19. The fraction of sp³-hybridized carbons (Fsp3) is 0.296. The van der Waals surface area contributed by atoms with Gasteiger partial charge in [-0.3, -0.25) is 4.79 Å². The standard InChI is InChI=1S/C27H25NO4/c1-19-13-23(30-17-24-18-31-25-7-2-3-8-26(25)32-24)15-27(29)28(19)16-22-6-4-5-21(14-22)12-11-20-9-10-20/h2-8,13-15,20,24H,9-10,16-18H2,1H3/t24-/m0/s1. The maximum absolute atomic E-state index is 12.8. The number of pyridine rings is 1. The zero-order valence-corrected chi connectivity index (χ0v) is 18.0. The molecule has 2 aliphatic rings.